The molecule has 7 heteroatoms. The minimum atomic E-state index is -0.726. The van der Waals surface area contributed by atoms with Crippen molar-refractivity contribution < 1.29 is 18.7 Å². The number of benzene rings is 2. The van der Waals surface area contributed by atoms with Crippen molar-refractivity contribution in [2.75, 3.05) is 13.1 Å². The van der Waals surface area contributed by atoms with Crippen LogP contribution < -0.4 is 5.56 Å². The summed E-state index contributed by atoms with van der Waals surface area (Å²) < 4.78 is 21.6. The Hall–Kier alpha value is -3.74. The Morgan fingerprint density at radius 1 is 0.971 bits per heavy atom. The second kappa shape index (κ2) is 7.94. The minimum absolute atomic E-state index is 0.0120. The molecule has 0 saturated carbocycles. The van der Waals surface area contributed by atoms with Crippen LogP contribution in [0.15, 0.2) is 65.5 Å². The number of pyridine rings is 1. The fourth-order valence-electron chi connectivity index (χ4n) is 5.68. The molecular weight excluding hydrogens is 435 g/mol. The molecule has 0 spiro atoms. The summed E-state index contributed by atoms with van der Waals surface area (Å²) in [6.45, 7) is 1.76. The maximum absolute atomic E-state index is 14.3. The van der Waals surface area contributed by atoms with Gasteiger partial charge in [-0.05, 0) is 48.2 Å². The van der Waals surface area contributed by atoms with Gasteiger partial charge in [-0.3, -0.25) is 9.59 Å². The normalized spacial score (nSPS) is 23.0. The number of piperidine rings is 1. The first-order valence-electron chi connectivity index (χ1n) is 11.6. The zero-order valence-corrected chi connectivity index (χ0v) is 18.4. The van der Waals surface area contributed by atoms with Gasteiger partial charge < -0.3 is 14.2 Å². The number of carbonyl (C=O) groups is 2. The number of ether oxygens (including phenoxy) is 1. The molecule has 0 radical (unpaired) electrons. The maximum atomic E-state index is 14.3. The Morgan fingerprint density at radius 3 is 2.68 bits per heavy atom. The molecule has 1 aromatic heterocycles. The predicted molar refractivity (Wildman–Crippen MR) is 122 cm³/mol. The predicted octanol–water partition coefficient (Wildman–Crippen LogP) is 3.70. The lowest BCUT2D eigenvalue weighted by molar-refractivity contribution is 0.0244. The van der Waals surface area contributed by atoms with Crippen LogP contribution in [0.2, 0.25) is 0 Å². The van der Waals surface area contributed by atoms with E-state index in [9.17, 15) is 18.8 Å². The summed E-state index contributed by atoms with van der Waals surface area (Å²) in [7, 11) is 0. The zero-order chi connectivity index (χ0) is 23.4. The number of likely N-dealkylation sites (tertiary alicyclic amines) is 1. The van der Waals surface area contributed by atoms with E-state index in [4.69, 9.17) is 4.74 Å². The van der Waals surface area contributed by atoms with E-state index in [1.54, 1.807) is 48.5 Å². The molecule has 6 nitrogen and oxygen atoms in total. The second-order valence-electron chi connectivity index (χ2n) is 9.40. The fourth-order valence-corrected chi connectivity index (χ4v) is 5.68. The van der Waals surface area contributed by atoms with Crippen molar-refractivity contribution in [1.29, 1.82) is 0 Å². The van der Waals surface area contributed by atoms with Crippen LogP contribution in [0.5, 0.6) is 0 Å². The van der Waals surface area contributed by atoms with Gasteiger partial charge in [0, 0.05) is 54.9 Å². The van der Waals surface area contributed by atoms with E-state index < -0.39 is 17.9 Å². The number of halogens is 1. The van der Waals surface area contributed by atoms with Crippen molar-refractivity contribution in [3.63, 3.8) is 0 Å². The molecule has 3 unspecified atom stereocenters. The van der Waals surface area contributed by atoms with Crippen molar-refractivity contribution >= 4 is 11.9 Å². The first kappa shape index (κ1) is 20.8. The largest absolute Gasteiger partial charge is 0.453 e. The third kappa shape index (κ3) is 3.43. The average molecular weight is 458 g/mol. The molecule has 3 aliphatic rings. The van der Waals surface area contributed by atoms with Crippen LogP contribution in [0.25, 0.3) is 0 Å². The van der Waals surface area contributed by atoms with E-state index in [1.807, 2.05) is 15.5 Å². The van der Waals surface area contributed by atoms with Crippen molar-refractivity contribution in [1.82, 2.24) is 9.47 Å². The number of cyclic esters (lactones) is 1. The van der Waals surface area contributed by atoms with E-state index in [-0.39, 0.29) is 23.3 Å². The molecule has 3 aliphatic heterocycles. The van der Waals surface area contributed by atoms with Crippen LogP contribution >= 0.6 is 0 Å². The molecule has 4 heterocycles. The molecule has 1 saturated heterocycles. The number of aromatic nitrogens is 1. The Labute approximate surface area is 195 Å². The van der Waals surface area contributed by atoms with Crippen LogP contribution in [0.4, 0.5) is 4.39 Å². The van der Waals surface area contributed by atoms with E-state index in [0.717, 1.165) is 12.1 Å². The highest BCUT2D eigenvalue weighted by molar-refractivity contribution is 5.98. The fraction of sp³-hybridized carbons (Fsp3) is 0.296. The molecule has 2 bridgehead atoms. The van der Waals surface area contributed by atoms with Crippen LogP contribution in [0.3, 0.4) is 0 Å². The van der Waals surface area contributed by atoms with Crippen molar-refractivity contribution in [3.05, 3.63) is 105 Å². The van der Waals surface area contributed by atoms with Crippen LogP contribution in [-0.4, -0.2) is 34.4 Å². The highest BCUT2D eigenvalue weighted by Gasteiger charge is 2.37. The molecule has 6 rings (SSSR count). The number of rotatable bonds is 2. The summed E-state index contributed by atoms with van der Waals surface area (Å²) in [6.07, 6.45) is 0.550. The smallest absolute Gasteiger partial charge is 0.339 e. The monoisotopic (exact) mass is 458 g/mol. The van der Waals surface area contributed by atoms with Crippen LogP contribution in [0.1, 0.15) is 56.0 Å². The lowest BCUT2D eigenvalue weighted by Crippen LogP contribution is -2.49. The molecule has 1 amide bonds. The number of hydrogen-bond acceptors (Lipinski definition) is 4. The Balaban J connectivity index is 1.27. The average Bonchev–Trinajstić information content (AvgIpc) is 2.84. The molecule has 2 aromatic carbocycles. The topological polar surface area (TPSA) is 68.6 Å². The van der Waals surface area contributed by atoms with Gasteiger partial charge in [0.1, 0.15) is 11.9 Å². The van der Waals surface area contributed by atoms with Crippen molar-refractivity contribution in [2.45, 2.75) is 31.4 Å². The molecule has 3 atom stereocenters. The van der Waals surface area contributed by atoms with Crippen LogP contribution in [0, 0.1) is 11.7 Å². The third-order valence-corrected chi connectivity index (χ3v) is 7.25. The van der Waals surface area contributed by atoms with Gasteiger partial charge in [0.05, 0.1) is 5.56 Å². The van der Waals surface area contributed by atoms with E-state index in [2.05, 4.69) is 0 Å². The SMILES string of the molecule is O=C1OC(c2ccccc2F)Cc2cc(C(=O)N3CC4CC(C3)c3cccc(=O)n3C4)ccc21. The van der Waals surface area contributed by atoms with Gasteiger partial charge >= 0.3 is 5.97 Å². The summed E-state index contributed by atoms with van der Waals surface area (Å²) in [5.74, 6) is -0.666. The maximum Gasteiger partial charge on any atom is 0.339 e. The standard InChI is InChI=1S/C27H23FN2O4/c28-22-5-2-1-4-21(22)24-12-18-11-17(8-9-20(18)27(33)34-24)26(32)29-13-16-10-19(15-29)23-6-3-7-25(31)30(23)14-16/h1-9,11,16,19,24H,10,12-15H2. The molecule has 0 aliphatic carbocycles. The highest BCUT2D eigenvalue weighted by Crippen LogP contribution is 2.36. The third-order valence-electron chi connectivity index (χ3n) is 7.25. The number of hydrogen-bond donors (Lipinski definition) is 0. The number of carbonyl (C=O) groups excluding carboxylic acids is 2. The van der Waals surface area contributed by atoms with E-state index in [0.29, 0.717) is 48.3 Å². The highest BCUT2D eigenvalue weighted by atomic mass is 19.1. The summed E-state index contributed by atoms with van der Waals surface area (Å²) in [5.41, 5.74) is 2.93. The summed E-state index contributed by atoms with van der Waals surface area (Å²) >= 11 is 0. The molecule has 172 valence electrons. The second-order valence-corrected chi connectivity index (χ2v) is 9.40. The van der Waals surface area contributed by atoms with Crippen molar-refractivity contribution in [3.8, 4) is 0 Å². The first-order chi connectivity index (χ1) is 16.5. The molecule has 0 N–H and O–H groups in total. The van der Waals surface area contributed by atoms with E-state index in [1.165, 1.54) is 6.07 Å². The number of fused-ring (bicyclic) bond motifs is 5. The lowest BCUT2D eigenvalue weighted by atomic mass is 9.83. The molecular formula is C27H23FN2O4. The van der Waals surface area contributed by atoms with Crippen molar-refractivity contribution in [2.24, 2.45) is 5.92 Å². The Bertz CT molecular complexity index is 1380. The van der Waals surface area contributed by atoms with E-state index >= 15 is 0 Å². The summed E-state index contributed by atoms with van der Waals surface area (Å²) in [5, 5.41) is 0. The Morgan fingerprint density at radius 2 is 1.82 bits per heavy atom. The number of amides is 1. The Kier molecular flexibility index (Phi) is 4.86. The number of esters is 1. The van der Waals surface area contributed by atoms with Gasteiger partial charge in [0.25, 0.3) is 11.5 Å². The van der Waals surface area contributed by atoms with Gasteiger partial charge in [-0.15, -0.1) is 0 Å². The van der Waals surface area contributed by atoms with Gasteiger partial charge in [-0.2, -0.15) is 0 Å². The zero-order valence-electron chi connectivity index (χ0n) is 18.4. The van der Waals surface area contributed by atoms with Gasteiger partial charge in [0.2, 0.25) is 0 Å². The summed E-state index contributed by atoms with van der Waals surface area (Å²) in [4.78, 5) is 40.2. The molecule has 1 fully saturated rings. The number of nitrogens with zero attached hydrogens (tertiary/aromatic N) is 2. The minimum Gasteiger partial charge on any atom is -0.453 e. The quantitative estimate of drug-likeness (QED) is 0.549. The van der Waals surface area contributed by atoms with Gasteiger partial charge in [0.15, 0.2) is 0 Å². The van der Waals surface area contributed by atoms with Crippen LogP contribution in [-0.2, 0) is 17.7 Å². The first-order valence-corrected chi connectivity index (χ1v) is 11.6. The summed E-state index contributed by atoms with van der Waals surface area (Å²) in [6, 6.07) is 16.6. The van der Waals surface area contributed by atoms with Gasteiger partial charge in [-0.25, -0.2) is 9.18 Å². The van der Waals surface area contributed by atoms with Gasteiger partial charge in [-0.1, -0.05) is 24.3 Å². The molecule has 3 aromatic rings. The lowest BCUT2D eigenvalue weighted by Gasteiger charge is -2.42. The molecule has 34 heavy (non-hydrogen) atoms.